The Hall–Kier alpha value is -2.61. The number of carbonyl (C=O) groups is 2. The molecule has 0 aliphatic carbocycles. The van der Waals surface area contributed by atoms with Crippen LogP contribution in [0.3, 0.4) is 0 Å². The molecule has 0 aromatic heterocycles. The molecule has 1 heterocycles. The van der Waals surface area contributed by atoms with Crippen molar-refractivity contribution in [1.29, 1.82) is 0 Å². The Morgan fingerprint density at radius 3 is 2.20 bits per heavy atom. The fraction of sp³-hybridized carbons (Fsp3) is 0.355. The summed E-state index contributed by atoms with van der Waals surface area (Å²) in [4.78, 5) is 29.1. The molecule has 0 saturated carbocycles. The average Bonchev–Trinajstić information content (AvgIpc) is 2.95. The van der Waals surface area contributed by atoms with Crippen LogP contribution in [0.5, 0.6) is 0 Å². The summed E-state index contributed by atoms with van der Waals surface area (Å²) in [5.41, 5.74) is 2.28. The molecule has 2 amide bonds. The van der Waals surface area contributed by atoms with E-state index < -0.39 is 0 Å². The van der Waals surface area contributed by atoms with E-state index in [2.05, 4.69) is 22.3 Å². The SMILES string of the molecule is CC(=O)NC1(c2ccccc2)CCN(CCOC(CN(C)C(=O)c2ccccc2)c2ccc(Cl)c(Cl)c2)CC1.Cl. The molecular weight excluding hydrogens is 569 g/mol. The number of halogens is 3. The molecule has 3 aromatic rings. The zero-order valence-corrected chi connectivity index (χ0v) is 25.1. The summed E-state index contributed by atoms with van der Waals surface area (Å²) < 4.78 is 6.38. The number of hydrogen-bond acceptors (Lipinski definition) is 4. The lowest BCUT2D eigenvalue weighted by Crippen LogP contribution is -2.53. The smallest absolute Gasteiger partial charge is 0.253 e. The Morgan fingerprint density at radius 1 is 0.975 bits per heavy atom. The van der Waals surface area contributed by atoms with Gasteiger partial charge in [-0.2, -0.15) is 0 Å². The number of ether oxygens (including phenoxy) is 1. The molecule has 40 heavy (non-hydrogen) atoms. The van der Waals surface area contributed by atoms with Crippen LogP contribution >= 0.6 is 35.6 Å². The number of amides is 2. The first-order chi connectivity index (χ1) is 18.8. The van der Waals surface area contributed by atoms with Gasteiger partial charge in [0, 0.05) is 39.2 Å². The number of nitrogens with zero attached hydrogens (tertiary/aromatic N) is 2. The standard InChI is InChI=1S/C31H35Cl2N3O3.ClH/c1-23(37)34-31(26-11-7-4-8-12-26)15-17-36(18-16-31)19-20-39-29(25-13-14-27(32)28(33)21-25)22-35(2)30(38)24-9-5-3-6-10-24;/h3-14,21,29H,15-20,22H2,1-2H3,(H,34,37);1H. The molecular formula is C31H36Cl3N3O3. The Morgan fingerprint density at radius 2 is 1.60 bits per heavy atom. The molecule has 1 aliphatic rings. The second-order valence-corrected chi connectivity index (χ2v) is 10.9. The van der Waals surface area contributed by atoms with E-state index in [1.54, 1.807) is 43.1 Å². The molecule has 214 valence electrons. The maximum absolute atomic E-state index is 13.0. The number of carbonyl (C=O) groups excluding carboxylic acids is 2. The highest BCUT2D eigenvalue weighted by Crippen LogP contribution is 2.33. The molecule has 1 atom stereocenters. The molecule has 1 aliphatic heterocycles. The van der Waals surface area contributed by atoms with Gasteiger partial charge in [0.25, 0.3) is 5.91 Å². The van der Waals surface area contributed by atoms with Gasteiger partial charge < -0.3 is 19.9 Å². The van der Waals surface area contributed by atoms with Crippen molar-refractivity contribution in [2.24, 2.45) is 0 Å². The minimum absolute atomic E-state index is 0. The average molecular weight is 605 g/mol. The maximum Gasteiger partial charge on any atom is 0.253 e. The van der Waals surface area contributed by atoms with E-state index in [0.717, 1.165) is 43.6 Å². The highest BCUT2D eigenvalue weighted by Gasteiger charge is 2.36. The van der Waals surface area contributed by atoms with Crippen molar-refractivity contribution in [3.05, 3.63) is 106 Å². The van der Waals surface area contributed by atoms with Crippen molar-refractivity contribution in [2.45, 2.75) is 31.4 Å². The quantitative estimate of drug-likeness (QED) is 0.292. The monoisotopic (exact) mass is 603 g/mol. The third-order valence-corrected chi connectivity index (χ3v) is 8.04. The van der Waals surface area contributed by atoms with Crippen LogP contribution in [-0.2, 0) is 15.1 Å². The van der Waals surface area contributed by atoms with E-state index in [-0.39, 0.29) is 35.9 Å². The van der Waals surface area contributed by atoms with Crippen LogP contribution in [0, 0.1) is 0 Å². The van der Waals surface area contributed by atoms with Crippen LogP contribution in [0.4, 0.5) is 0 Å². The summed E-state index contributed by atoms with van der Waals surface area (Å²) in [6.45, 7) is 4.83. The minimum atomic E-state index is -0.370. The van der Waals surface area contributed by atoms with Crippen molar-refractivity contribution in [3.63, 3.8) is 0 Å². The number of hydrogen-bond donors (Lipinski definition) is 1. The predicted molar refractivity (Wildman–Crippen MR) is 163 cm³/mol. The molecule has 0 spiro atoms. The molecule has 3 aromatic carbocycles. The zero-order valence-electron chi connectivity index (χ0n) is 22.8. The van der Waals surface area contributed by atoms with Crippen molar-refractivity contribution in [1.82, 2.24) is 15.1 Å². The fourth-order valence-electron chi connectivity index (χ4n) is 5.16. The number of rotatable bonds is 10. The molecule has 1 saturated heterocycles. The van der Waals surface area contributed by atoms with E-state index >= 15 is 0 Å². The highest BCUT2D eigenvalue weighted by molar-refractivity contribution is 6.42. The van der Waals surface area contributed by atoms with Gasteiger partial charge in [-0.05, 0) is 48.2 Å². The maximum atomic E-state index is 13.0. The third-order valence-electron chi connectivity index (χ3n) is 7.30. The van der Waals surface area contributed by atoms with Crippen LogP contribution < -0.4 is 5.32 Å². The third kappa shape index (κ3) is 8.21. The Bertz CT molecular complexity index is 1250. The summed E-state index contributed by atoms with van der Waals surface area (Å²) >= 11 is 12.5. The molecule has 1 N–H and O–H groups in total. The zero-order chi connectivity index (χ0) is 27.8. The molecule has 9 heteroatoms. The molecule has 6 nitrogen and oxygen atoms in total. The number of nitrogens with one attached hydrogen (secondary N) is 1. The normalized spacial score (nSPS) is 15.5. The molecule has 4 rings (SSSR count). The number of likely N-dealkylation sites (N-methyl/N-ethyl adjacent to an activating group) is 1. The van der Waals surface area contributed by atoms with Gasteiger partial charge in [0.15, 0.2) is 0 Å². The predicted octanol–water partition coefficient (Wildman–Crippen LogP) is 6.37. The van der Waals surface area contributed by atoms with E-state index in [1.807, 2.05) is 42.5 Å². The number of piperidine rings is 1. The molecule has 1 unspecified atom stereocenters. The minimum Gasteiger partial charge on any atom is -0.370 e. The van der Waals surface area contributed by atoms with Gasteiger partial charge in [-0.25, -0.2) is 0 Å². The Balaban J connectivity index is 0.00000441. The van der Waals surface area contributed by atoms with Gasteiger partial charge in [0.1, 0.15) is 6.10 Å². The molecule has 1 fully saturated rings. The molecule has 0 radical (unpaired) electrons. The number of benzene rings is 3. The summed E-state index contributed by atoms with van der Waals surface area (Å²) in [5.74, 6) is -0.0928. The lowest BCUT2D eigenvalue weighted by atomic mass is 9.80. The van der Waals surface area contributed by atoms with Crippen LogP contribution in [0.2, 0.25) is 10.0 Å². The van der Waals surface area contributed by atoms with Crippen LogP contribution in [0.1, 0.15) is 47.4 Å². The van der Waals surface area contributed by atoms with Crippen LogP contribution in [0.15, 0.2) is 78.9 Å². The highest BCUT2D eigenvalue weighted by atomic mass is 35.5. The van der Waals surface area contributed by atoms with Crippen LogP contribution in [0.25, 0.3) is 0 Å². The second kappa shape index (κ2) is 14.9. The summed E-state index contributed by atoms with van der Waals surface area (Å²) in [7, 11) is 1.78. The van der Waals surface area contributed by atoms with E-state index in [0.29, 0.717) is 28.8 Å². The summed E-state index contributed by atoms with van der Waals surface area (Å²) in [6, 6.07) is 24.9. The Labute approximate surface area is 253 Å². The first-order valence-corrected chi connectivity index (χ1v) is 14.0. The molecule has 0 bridgehead atoms. The lowest BCUT2D eigenvalue weighted by Gasteiger charge is -2.42. The summed E-state index contributed by atoms with van der Waals surface area (Å²) in [5, 5.41) is 4.15. The van der Waals surface area contributed by atoms with Gasteiger partial charge in [0.05, 0.1) is 28.7 Å². The largest absolute Gasteiger partial charge is 0.370 e. The first-order valence-electron chi connectivity index (χ1n) is 13.2. The summed E-state index contributed by atoms with van der Waals surface area (Å²) in [6.07, 6.45) is 1.27. The van der Waals surface area contributed by atoms with Gasteiger partial charge in [0.2, 0.25) is 5.91 Å². The van der Waals surface area contributed by atoms with Crippen molar-refractivity contribution < 1.29 is 14.3 Å². The van der Waals surface area contributed by atoms with Gasteiger partial charge in [-0.1, -0.05) is 77.8 Å². The van der Waals surface area contributed by atoms with Crippen molar-refractivity contribution in [3.8, 4) is 0 Å². The number of likely N-dealkylation sites (tertiary alicyclic amines) is 1. The fourth-order valence-corrected chi connectivity index (χ4v) is 5.47. The van der Waals surface area contributed by atoms with Crippen molar-refractivity contribution >= 4 is 47.4 Å². The van der Waals surface area contributed by atoms with Crippen LogP contribution in [-0.4, -0.2) is 61.4 Å². The van der Waals surface area contributed by atoms with E-state index in [4.69, 9.17) is 27.9 Å². The first kappa shape index (κ1) is 31.9. The van der Waals surface area contributed by atoms with Crippen molar-refractivity contribution in [2.75, 3.05) is 39.8 Å². The second-order valence-electron chi connectivity index (χ2n) is 10.1. The Kier molecular flexibility index (Phi) is 11.9. The topological polar surface area (TPSA) is 61.9 Å². The van der Waals surface area contributed by atoms with Gasteiger partial charge >= 0.3 is 0 Å². The van der Waals surface area contributed by atoms with Gasteiger partial charge in [-0.15, -0.1) is 12.4 Å². The van der Waals surface area contributed by atoms with E-state index in [9.17, 15) is 9.59 Å². The lowest BCUT2D eigenvalue weighted by molar-refractivity contribution is -0.121. The van der Waals surface area contributed by atoms with Gasteiger partial charge in [-0.3, -0.25) is 9.59 Å². The van der Waals surface area contributed by atoms with E-state index in [1.165, 1.54) is 0 Å².